The van der Waals surface area contributed by atoms with Crippen LogP contribution >= 0.6 is 11.6 Å². The molecule has 0 saturated carbocycles. The van der Waals surface area contributed by atoms with Crippen LogP contribution in [0.2, 0.25) is 5.02 Å². The van der Waals surface area contributed by atoms with Gasteiger partial charge in [0, 0.05) is 46.2 Å². The minimum atomic E-state index is -0.692. The zero-order chi connectivity index (χ0) is 13.9. The van der Waals surface area contributed by atoms with Crippen LogP contribution < -0.4 is 10.6 Å². The van der Waals surface area contributed by atoms with Gasteiger partial charge in [-0.15, -0.1) is 0 Å². The van der Waals surface area contributed by atoms with Crippen molar-refractivity contribution in [1.29, 1.82) is 0 Å². The van der Waals surface area contributed by atoms with Crippen molar-refractivity contribution >= 4 is 17.3 Å². The number of halogens is 1. The summed E-state index contributed by atoms with van der Waals surface area (Å²) in [5, 5.41) is 11.2. The van der Waals surface area contributed by atoms with E-state index in [9.17, 15) is 5.11 Å². The molecule has 0 aromatic heterocycles. The number of hydrogen-bond acceptors (Lipinski definition) is 4. The van der Waals surface area contributed by atoms with Gasteiger partial charge in [0.15, 0.2) is 0 Å². The molecule has 1 saturated heterocycles. The van der Waals surface area contributed by atoms with Crippen LogP contribution in [0.15, 0.2) is 18.2 Å². The van der Waals surface area contributed by atoms with E-state index in [1.54, 1.807) is 0 Å². The smallest absolute Gasteiger partial charge is 0.0865 e. The fourth-order valence-electron chi connectivity index (χ4n) is 2.42. The Bertz CT molecular complexity index is 433. The van der Waals surface area contributed by atoms with Gasteiger partial charge in [-0.3, -0.25) is 0 Å². The van der Waals surface area contributed by atoms with Crippen LogP contribution in [0.1, 0.15) is 18.4 Å². The third-order valence-corrected chi connectivity index (χ3v) is 3.92. The highest BCUT2D eigenvalue weighted by Crippen LogP contribution is 2.29. The first-order valence-corrected chi connectivity index (χ1v) is 6.92. The van der Waals surface area contributed by atoms with Gasteiger partial charge in [-0.05, 0) is 17.7 Å². The number of likely N-dealkylation sites (N-methyl/N-ethyl adjacent to an activating group) is 1. The topological polar surface area (TPSA) is 58.7 Å². The van der Waals surface area contributed by atoms with Crippen molar-refractivity contribution in [2.45, 2.75) is 25.0 Å². The molecular weight excluding hydrogens is 264 g/mol. The third-order valence-electron chi connectivity index (χ3n) is 3.61. The van der Waals surface area contributed by atoms with Gasteiger partial charge in [0.1, 0.15) is 0 Å². The van der Waals surface area contributed by atoms with E-state index >= 15 is 0 Å². The molecule has 4 nitrogen and oxygen atoms in total. The van der Waals surface area contributed by atoms with Crippen LogP contribution in [0, 0.1) is 0 Å². The first kappa shape index (κ1) is 14.6. The molecule has 1 fully saturated rings. The molecule has 0 atom stereocenters. The number of rotatable bonds is 4. The Kier molecular flexibility index (Phi) is 4.68. The van der Waals surface area contributed by atoms with Gasteiger partial charge < -0.3 is 20.5 Å². The molecule has 1 aliphatic rings. The Labute approximate surface area is 119 Å². The maximum absolute atomic E-state index is 10.5. The second-order valence-corrected chi connectivity index (χ2v) is 5.59. The molecule has 1 aromatic carbocycles. The zero-order valence-electron chi connectivity index (χ0n) is 11.2. The Hall–Kier alpha value is -0.810. The summed E-state index contributed by atoms with van der Waals surface area (Å²) in [7, 11) is 1.94. The van der Waals surface area contributed by atoms with Crippen molar-refractivity contribution < 1.29 is 9.84 Å². The largest absolute Gasteiger partial charge is 0.388 e. The molecule has 0 radical (unpaired) electrons. The predicted octanol–water partition coefficient (Wildman–Crippen LogP) is 1.78. The van der Waals surface area contributed by atoms with E-state index in [-0.39, 0.29) is 0 Å². The lowest BCUT2D eigenvalue weighted by molar-refractivity contribution is -0.0572. The highest BCUT2D eigenvalue weighted by molar-refractivity contribution is 6.33. The summed E-state index contributed by atoms with van der Waals surface area (Å²) in [4.78, 5) is 1.99. The van der Waals surface area contributed by atoms with E-state index in [1.807, 2.05) is 30.1 Å². The van der Waals surface area contributed by atoms with Gasteiger partial charge in [-0.25, -0.2) is 0 Å². The SMILES string of the molecule is CN(CC1(O)CCOCC1)c1ccc(CN)cc1Cl. The van der Waals surface area contributed by atoms with E-state index in [2.05, 4.69) is 0 Å². The first-order chi connectivity index (χ1) is 9.04. The lowest BCUT2D eigenvalue weighted by Crippen LogP contribution is -2.45. The fourth-order valence-corrected chi connectivity index (χ4v) is 2.77. The lowest BCUT2D eigenvalue weighted by Gasteiger charge is -2.36. The van der Waals surface area contributed by atoms with Gasteiger partial charge >= 0.3 is 0 Å². The number of hydrogen-bond donors (Lipinski definition) is 2. The average Bonchev–Trinajstić information content (AvgIpc) is 2.38. The van der Waals surface area contributed by atoms with Gasteiger partial charge in [-0.2, -0.15) is 0 Å². The Morgan fingerprint density at radius 2 is 2.11 bits per heavy atom. The monoisotopic (exact) mass is 284 g/mol. The van der Waals surface area contributed by atoms with Crippen molar-refractivity contribution in [2.75, 3.05) is 31.7 Å². The second-order valence-electron chi connectivity index (χ2n) is 5.18. The standard InChI is InChI=1S/C14H21ClN2O2/c1-17(10-14(18)4-6-19-7-5-14)13-3-2-11(9-16)8-12(13)15/h2-3,8,18H,4-7,9-10,16H2,1H3. The highest BCUT2D eigenvalue weighted by Gasteiger charge is 2.31. The molecule has 3 N–H and O–H groups in total. The minimum absolute atomic E-state index is 0.477. The molecule has 0 amide bonds. The summed E-state index contributed by atoms with van der Waals surface area (Å²) in [6, 6.07) is 5.79. The molecule has 19 heavy (non-hydrogen) atoms. The second kappa shape index (κ2) is 6.09. The van der Waals surface area contributed by atoms with Gasteiger partial charge in [0.05, 0.1) is 16.3 Å². The molecule has 1 aromatic rings. The van der Waals surface area contributed by atoms with E-state index in [1.165, 1.54) is 0 Å². The van der Waals surface area contributed by atoms with Gasteiger partial charge in [0.2, 0.25) is 0 Å². The van der Waals surface area contributed by atoms with E-state index in [0.29, 0.717) is 44.2 Å². The average molecular weight is 285 g/mol. The zero-order valence-corrected chi connectivity index (χ0v) is 12.0. The summed E-state index contributed by atoms with van der Waals surface area (Å²) in [5.41, 5.74) is 6.82. The molecule has 106 valence electrons. The Balaban J connectivity index is 2.08. The summed E-state index contributed by atoms with van der Waals surface area (Å²) >= 11 is 6.26. The molecule has 0 aliphatic carbocycles. The van der Waals surface area contributed by atoms with Crippen molar-refractivity contribution in [1.82, 2.24) is 0 Å². The number of anilines is 1. The summed E-state index contributed by atoms with van der Waals surface area (Å²) < 4.78 is 5.29. The number of nitrogens with zero attached hydrogens (tertiary/aromatic N) is 1. The molecule has 0 bridgehead atoms. The first-order valence-electron chi connectivity index (χ1n) is 6.54. The lowest BCUT2D eigenvalue weighted by atomic mass is 9.94. The molecule has 1 heterocycles. The number of benzene rings is 1. The summed E-state index contributed by atoms with van der Waals surface area (Å²) in [6.45, 7) is 2.26. The quantitative estimate of drug-likeness (QED) is 0.885. The van der Waals surface area contributed by atoms with Crippen molar-refractivity contribution in [3.05, 3.63) is 28.8 Å². The molecule has 2 rings (SSSR count). The molecule has 5 heteroatoms. The third kappa shape index (κ3) is 3.60. The maximum atomic E-state index is 10.5. The van der Waals surface area contributed by atoms with E-state index in [4.69, 9.17) is 22.1 Å². The summed E-state index contributed by atoms with van der Waals surface area (Å²) in [6.07, 6.45) is 1.33. The van der Waals surface area contributed by atoms with Gasteiger partial charge in [0.25, 0.3) is 0 Å². The van der Waals surface area contributed by atoms with Crippen molar-refractivity contribution in [2.24, 2.45) is 5.73 Å². The van der Waals surface area contributed by atoms with Crippen LogP contribution in [-0.4, -0.2) is 37.5 Å². The Morgan fingerprint density at radius 1 is 1.42 bits per heavy atom. The predicted molar refractivity (Wildman–Crippen MR) is 77.6 cm³/mol. The fraction of sp³-hybridized carbons (Fsp3) is 0.571. The van der Waals surface area contributed by atoms with Gasteiger partial charge in [-0.1, -0.05) is 17.7 Å². The number of ether oxygens (including phenoxy) is 1. The van der Waals surface area contributed by atoms with Crippen LogP contribution in [0.5, 0.6) is 0 Å². The van der Waals surface area contributed by atoms with Crippen molar-refractivity contribution in [3.8, 4) is 0 Å². The number of aliphatic hydroxyl groups is 1. The normalized spacial score (nSPS) is 18.3. The van der Waals surface area contributed by atoms with Crippen LogP contribution in [0.4, 0.5) is 5.69 Å². The molecule has 1 aliphatic heterocycles. The van der Waals surface area contributed by atoms with Crippen molar-refractivity contribution in [3.63, 3.8) is 0 Å². The molecular formula is C14H21ClN2O2. The minimum Gasteiger partial charge on any atom is -0.388 e. The number of nitrogens with two attached hydrogens (primary N) is 1. The molecule has 0 spiro atoms. The van der Waals surface area contributed by atoms with Crippen LogP contribution in [0.25, 0.3) is 0 Å². The van der Waals surface area contributed by atoms with E-state index in [0.717, 1.165) is 11.3 Å². The van der Waals surface area contributed by atoms with Crippen LogP contribution in [-0.2, 0) is 11.3 Å². The molecule has 0 unspecified atom stereocenters. The van der Waals surface area contributed by atoms with E-state index < -0.39 is 5.60 Å². The summed E-state index contributed by atoms with van der Waals surface area (Å²) in [5.74, 6) is 0. The Morgan fingerprint density at radius 3 is 2.68 bits per heavy atom. The van der Waals surface area contributed by atoms with Crippen LogP contribution in [0.3, 0.4) is 0 Å². The maximum Gasteiger partial charge on any atom is 0.0865 e. The highest BCUT2D eigenvalue weighted by atomic mass is 35.5.